The fraction of sp³-hybridized carbons (Fsp3) is 0.882. The first-order valence-electron chi connectivity index (χ1n) is 8.99. The average Bonchev–Trinajstić information content (AvgIpc) is 3.16. The molecule has 6 nitrogen and oxygen atoms in total. The van der Waals surface area contributed by atoms with E-state index in [1.165, 1.54) is 0 Å². The number of nitrogens with one attached hydrogen (secondary N) is 3. The summed E-state index contributed by atoms with van der Waals surface area (Å²) in [5, 5.41) is 9.49. The number of likely N-dealkylation sites (tertiary alicyclic amines) is 1. The highest BCUT2D eigenvalue weighted by atomic mass is 16.2. The van der Waals surface area contributed by atoms with Gasteiger partial charge in [-0.3, -0.25) is 9.59 Å². The van der Waals surface area contributed by atoms with Crippen LogP contribution in [0.25, 0.3) is 0 Å². The van der Waals surface area contributed by atoms with E-state index in [9.17, 15) is 9.59 Å². The normalized spacial score (nSPS) is 26.4. The van der Waals surface area contributed by atoms with Gasteiger partial charge >= 0.3 is 0 Å². The molecule has 2 heterocycles. The Bertz CT molecular complexity index is 407. The van der Waals surface area contributed by atoms with Crippen LogP contribution in [-0.4, -0.2) is 61.5 Å². The summed E-state index contributed by atoms with van der Waals surface area (Å²) in [6.45, 7) is 10.6. The van der Waals surface area contributed by atoms with Crippen LogP contribution in [0.5, 0.6) is 0 Å². The van der Waals surface area contributed by atoms with Crippen LogP contribution in [0.3, 0.4) is 0 Å². The third kappa shape index (κ3) is 5.77. The smallest absolute Gasteiger partial charge is 0.223 e. The van der Waals surface area contributed by atoms with Gasteiger partial charge in [0.2, 0.25) is 11.8 Å². The highest BCUT2D eigenvalue weighted by Gasteiger charge is 2.26. The van der Waals surface area contributed by atoms with Gasteiger partial charge in [-0.15, -0.1) is 0 Å². The number of hydrogen-bond donors (Lipinski definition) is 3. The molecule has 132 valence electrons. The molecule has 6 heteroatoms. The molecule has 2 aliphatic heterocycles. The number of hydrogen-bond acceptors (Lipinski definition) is 4. The molecule has 3 N–H and O–H groups in total. The number of amides is 2. The van der Waals surface area contributed by atoms with Crippen molar-refractivity contribution in [3.8, 4) is 0 Å². The third-order valence-electron chi connectivity index (χ3n) is 4.88. The molecule has 0 spiro atoms. The van der Waals surface area contributed by atoms with E-state index in [1.54, 1.807) is 0 Å². The van der Waals surface area contributed by atoms with E-state index in [2.05, 4.69) is 20.9 Å². The predicted octanol–water partition coefficient (Wildman–Crippen LogP) is 0.337. The first kappa shape index (κ1) is 18.2. The largest absolute Gasteiger partial charge is 0.352 e. The lowest BCUT2D eigenvalue weighted by molar-refractivity contribution is -0.125. The van der Waals surface area contributed by atoms with E-state index in [-0.39, 0.29) is 29.7 Å². The first-order chi connectivity index (χ1) is 11.0. The minimum atomic E-state index is 0.0397. The minimum Gasteiger partial charge on any atom is -0.352 e. The van der Waals surface area contributed by atoms with Crippen LogP contribution in [0.2, 0.25) is 0 Å². The van der Waals surface area contributed by atoms with Gasteiger partial charge in [-0.1, -0.05) is 20.8 Å². The maximum absolute atomic E-state index is 12.2. The van der Waals surface area contributed by atoms with Crippen molar-refractivity contribution in [1.29, 1.82) is 0 Å². The molecule has 2 saturated heterocycles. The fourth-order valence-corrected chi connectivity index (χ4v) is 3.15. The van der Waals surface area contributed by atoms with Crippen LogP contribution in [0.1, 0.15) is 40.0 Å². The Kier molecular flexibility index (Phi) is 6.84. The molecule has 0 saturated carbocycles. The van der Waals surface area contributed by atoms with Crippen LogP contribution in [0, 0.1) is 11.8 Å². The molecule has 0 bridgehead atoms. The summed E-state index contributed by atoms with van der Waals surface area (Å²) >= 11 is 0. The van der Waals surface area contributed by atoms with Crippen LogP contribution in [0.15, 0.2) is 0 Å². The quantitative estimate of drug-likeness (QED) is 0.631. The van der Waals surface area contributed by atoms with Crippen molar-refractivity contribution in [2.75, 3.05) is 32.7 Å². The predicted molar refractivity (Wildman–Crippen MR) is 91.0 cm³/mol. The van der Waals surface area contributed by atoms with Crippen LogP contribution in [-0.2, 0) is 9.59 Å². The Morgan fingerprint density at radius 1 is 1.13 bits per heavy atom. The van der Waals surface area contributed by atoms with Gasteiger partial charge in [0.15, 0.2) is 0 Å². The molecule has 2 aliphatic rings. The molecule has 2 fully saturated rings. The molecule has 3 atom stereocenters. The van der Waals surface area contributed by atoms with E-state index in [1.807, 2.05) is 20.8 Å². The van der Waals surface area contributed by atoms with E-state index in [4.69, 9.17) is 0 Å². The van der Waals surface area contributed by atoms with Crippen molar-refractivity contribution in [2.24, 2.45) is 11.8 Å². The lowest BCUT2D eigenvalue weighted by atomic mass is 10.1. The van der Waals surface area contributed by atoms with Gasteiger partial charge in [-0.25, -0.2) is 0 Å². The lowest BCUT2D eigenvalue weighted by Crippen LogP contribution is -2.41. The maximum Gasteiger partial charge on any atom is 0.223 e. The van der Waals surface area contributed by atoms with E-state index in [0.717, 1.165) is 52.0 Å². The SMILES string of the molecule is CC(C)C(=O)NC1CCN(CCC(C)C(=O)NC2CCNC2)C1. The molecular formula is C17H32N4O2. The number of carbonyl (C=O) groups is 2. The zero-order valence-corrected chi connectivity index (χ0v) is 14.7. The van der Waals surface area contributed by atoms with Crippen molar-refractivity contribution in [3.05, 3.63) is 0 Å². The molecule has 0 aromatic carbocycles. The summed E-state index contributed by atoms with van der Waals surface area (Å²) in [5.41, 5.74) is 0. The molecule has 0 radical (unpaired) electrons. The second-order valence-corrected chi connectivity index (χ2v) is 7.34. The standard InChI is InChI=1S/C17H32N4O2/c1-12(2)16(22)20-15-6-9-21(11-15)8-5-13(3)17(23)19-14-4-7-18-10-14/h12-15,18H,4-11H2,1-3H3,(H,19,23)(H,20,22). The molecule has 0 aromatic rings. The zero-order valence-electron chi connectivity index (χ0n) is 14.7. The van der Waals surface area contributed by atoms with Crippen molar-refractivity contribution in [1.82, 2.24) is 20.9 Å². The van der Waals surface area contributed by atoms with Crippen molar-refractivity contribution in [2.45, 2.75) is 52.1 Å². The van der Waals surface area contributed by atoms with Crippen LogP contribution >= 0.6 is 0 Å². The van der Waals surface area contributed by atoms with Gasteiger partial charge in [0, 0.05) is 43.6 Å². The number of rotatable bonds is 7. The summed E-state index contributed by atoms with van der Waals surface area (Å²) in [5.74, 6) is 0.384. The first-order valence-corrected chi connectivity index (χ1v) is 8.99. The molecule has 2 rings (SSSR count). The van der Waals surface area contributed by atoms with Crippen LogP contribution in [0.4, 0.5) is 0 Å². The van der Waals surface area contributed by atoms with Crippen molar-refractivity contribution >= 4 is 11.8 Å². The third-order valence-corrected chi connectivity index (χ3v) is 4.88. The number of nitrogens with zero attached hydrogens (tertiary/aromatic N) is 1. The molecule has 3 unspecified atom stereocenters. The van der Waals surface area contributed by atoms with E-state index in [0.29, 0.717) is 6.04 Å². The van der Waals surface area contributed by atoms with E-state index < -0.39 is 0 Å². The summed E-state index contributed by atoms with van der Waals surface area (Å²) in [6, 6.07) is 0.561. The molecule has 23 heavy (non-hydrogen) atoms. The Labute approximate surface area is 139 Å². The summed E-state index contributed by atoms with van der Waals surface area (Å²) in [6.07, 6.45) is 2.91. The number of carbonyl (C=O) groups excluding carboxylic acids is 2. The van der Waals surface area contributed by atoms with Gasteiger partial charge in [-0.2, -0.15) is 0 Å². The lowest BCUT2D eigenvalue weighted by Gasteiger charge is -2.20. The highest BCUT2D eigenvalue weighted by Crippen LogP contribution is 2.13. The van der Waals surface area contributed by atoms with Crippen molar-refractivity contribution in [3.63, 3.8) is 0 Å². The Morgan fingerprint density at radius 2 is 1.87 bits per heavy atom. The molecule has 0 aromatic heterocycles. The second kappa shape index (κ2) is 8.64. The molecule has 2 amide bonds. The minimum absolute atomic E-state index is 0.0397. The van der Waals surface area contributed by atoms with Gasteiger partial charge in [0.1, 0.15) is 0 Å². The van der Waals surface area contributed by atoms with Crippen molar-refractivity contribution < 1.29 is 9.59 Å². The average molecular weight is 324 g/mol. The Balaban J connectivity index is 1.63. The molecule has 0 aliphatic carbocycles. The zero-order chi connectivity index (χ0) is 16.8. The topological polar surface area (TPSA) is 73.5 Å². The second-order valence-electron chi connectivity index (χ2n) is 7.34. The summed E-state index contributed by atoms with van der Waals surface area (Å²) in [4.78, 5) is 26.3. The fourth-order valence-electron chi connectivity index (χ4n) is 3.15. The highest BCUT2D eigenvalue weighted by molar-refractivity contribution is 5.78. The van der Waals surface area contributed by atoms with Gasteiger partial charge in [0.25, 0.3) is 0 Å². The molecular weight excluding hydrogens is 292 g/mol. The Morgan fingerprint density at radius 3 is 2.52 bits per heavy atom. The van der Waals surface area contributed by atoms with Gasteiger partial charge in [0.05, 0.1) is 0 Å². The van der Waals surface area contributed by atoms with Crippen LogP contribution < -0.4 is 16.0 Å². The Hall–Kier alpha value is -1.14. The summed E-state index contributed by atoms with van der Waals surface area (Å²) < 4.78 is 0. The maximum atomic E-state index is 12.2. The summed E-state index contributed by atoms with van der Waals surface area (Å²) in [7, 11) is 0. The van der Waals surface area contributed by atoms with Gasteiger partial charge in [-0.05, 0) is 32.4 Å². The monoisotopic (exact) mass is 324 g/mol. The van der Waals surface area contributed by atoms with Gasteiger partial charge < -0.3 is 20.9 Å². The van der Waals surface area contributed by atoms with E-state index >= 15 is 0 Å².